The van der Waals surface area contributed by atoms with Crippen LogP contribution in [0.1, 0.15) is 27.8 Å². The number of benzene rings is 4. The number of halogens is 3. The number of alkyl halides is 3. The molecule has 0 amide bonds. The number of nitrogens with two attached hydrogens (primary N) is 1. The minimum Gasteiger partial charge on any atom is -0.406 e. The first kappa shape index (κ1) is 32.3. The summed E-state index contributed by atoms with van der Waals surface area (Å²) in [6, 6.07) is 24.4. The normalized spacial score (nSPS) is 12.8. The zero-order valence-corrected chi connectivity index (χ0v) is 26.2. The molecule has 5 aromatic rings. The van der Waals surface area contributed by atoms with Gasteiger partial charge in [-0.15, -0.1) is 13.2 Å². The van der Waals surface area contributed by atoms with E-state index in [1.165, 1.54) is 54.1 Å². The number of fused-ring (bicyclic) bond motifs is 1. The first-order valence-electron chi connectivity index (χ1n) is 13.7. The van der Waals surface area contributed by atoms with Gasteiger partial charge in [0.15, 0.2) is 5.17 Å². The average molecular weight is 661 g/mol. The van der Waals surface area contributed by atoms with E-state index in [2.05, 4.69) is 34.0 Å². The first-order chi connectivity index (χ1) is 22.1. The van der Waals surface area contributed by atoms with Crippen LogP contribution >= 0.6 is 23.5 Å². The van der Waals surface area contributed by atoms with Gasteiger partial charge in [-0.05, 0) is 66.4 Å². The van der Waals surface area contributed by atoms with Gasteiger partial charge >= 0.3 is 6.36 Å². The number of nitrogens with zero attached hydrogens (tertiary/aromatic N) is 6. The molecule has 0 aliphatic heterocycles. The van der Waals surface area contributed by atoms with E-state index in [9.17, 15) is 13.2 Å². The lowest BCUT2D eigenvalue weighted by atomic mass is 10.1. The smallest absolute Gasteiger partial charge is 0.406 e. The number of aliphatic imine (C=N–C) groups is 3. The van der Waals surface area contributed by atoms with E-state index >= 15 is 0 Å². The van der Waals surface area contributed by atoms with Crippen molar-refractivity contribution in [2.45, 2.75) is 26.0 Å². The van der Waals surface area contributed by atoms with Crippen molar-refractivity contribution in [3.05, 3.63) is 113 Å². The van der Waals surface area contributed by atoms with Gasteiger partial charge in [0.05, 0.1) is 29.3 Å². The van der Waals surface area contributed by atoms with E-state index in [1.54, 1.807) is 18.3 Å². The monoisotopic (exact) mass is 660 g/mol. The van der Waals surface area contributed by atoms with Crippen molar-refractivity contribution in [1.82, 2.24) is 14.2 Å². The predicted molar refractivity (Wildman–Crippen MR) is 181 cm³/mol. The van der Waals surface area contributed by atoms with Gasteiger partial charge in [-0.3, -0.25) is 5.43 Å². The number of aryl methyl sites for hydroxylation is 2. The Morgan fingerprint density at radius 3 is 2.39 bits per heavy atom. The quantitative estimate of drug-likeness (QED) is 0.0945. The molecule has 0 aliphatic rings. The maximum Gasteiger partial charge on any atom is 0.573 e. The topological polar surface area (TPSA) is 122 Å². The lowest BCUT2D eigenvalue weighted by Gasteiger charge is -2.09. The number of nitrogens with one attached hydrogen (secondary N) is 1. The van der Waals surface area contributed by atoms with Crippen molar-refractivity contribution < 1.29 is 17.9 Å². The maximum atomic E-state index is 12.3. The van der Waals surface area contributed by atoms with Crippen LogP contribution in [0, 0.1) is 13.8 Å². The molecule has 14 heteroatoms. The fourth-order valence-electron chi connectivity index (χ4n) is 4.17. The van der Waals surface area contributed by atoms with E-state index < -0.39 is 6.36 Å². The van der Waals surface area contributed by atoms with Gasteiger partial charge in [-0.1, -0.05) is 66.4 Å². The molecular weight excluding hydrogens is 634 g/mol. The largest absolute Gasteiger partial charge is 0.573 e. The molecule has 1 heterocycles. The Morgan fingerprint density at radius 1 is 0.957 bits per heavy atom. The van der Waals surface area contributed by atoms with Gasteiger partial charge in [0.1, 0.15) is 29.0 Å². The van der Waals surface area contributed by atoms with Crippen molar-refractivity contribution >= 4 is 69.5 Å². The van der Waals surface area contributed by atoms with Gasteiger partial charge in [-0.25, -0.2) is 15.0 Å². The highest BCUT2D eigenvalue weighted by atomic mass is 32.2. The average Bonchev–Trinajstić information content (AvgIpc) is 3.52. The van der Waals surface area contributed by atoms with Gasteiger partial charge in [0, 0.05) is 11.3 Å². The summed E-state index contributed by atoms with van der Waals surface area (Å²) in [4.78, 5) is 13.1. The van der Waals surface area contributed by atoms with Crippen molar-refractivity contribution in [3.8, 4) is 5.75 Å². The summed E-state index contributed by atoms with van der Waals surface area (Å²) in [6.45, 7) is 4.05. The van der Waals surface area contributed by atoms with Crippen molar-refractivity contribution in [2.24, 2.45) is 25.8 Å². The molecule has 0 saturated carbocycles. The van der Waals surface area contributed by atoms with Gasteiger partial charge < -0.3 is 10.5 Å². The van der Waals surface area contributed by atoms with Crippen LogP contribution in [0.5, 0.6) is 5.75 Å². The fraction of sp³-hybridized carbons (Fsp3) is 0.125. The van der Waals surface area contributed by atoms with Gasteiger partial charge in [0.2, 0.25) is 0 Å². The summed E-state index contributed by atoms with van der Waals surface area (Å²) < 4.78 is 49.6. The van der Waals surface area contributed by atoms with E-state index in [-0.39, 0.29) is 11.6 Å². The summed E-state index contributed by atoms with van der Waals surface area (Å²) >= 11 is 2.71. The Morgan fingerprint density at radius 2 is 1.67 bits per heavy atom. The van der Waals surface area contributed by atoms with Crippen molar-refractivity contribution in [3.63, 3.8) is 0 Å². The Bertz CT molecular complexity index is 1900. The number of para-hydroxylation sites is 1. The molecule has 0 fully saturated rings. The molecule has 5 rings (SSSR count). The van der Waals surface area contributed by atoms with Crippen LogP contribution in [0.2, 0.25) is 0 Å². The zero-order chi connectivity index (χ0) is 32.5. The highest BCUT2D eigenvalue weighted by Gasteiger charge is 2.30. The highest BCUT2D eigenvalue weighted by Crippen LogP contribution is 2.27. The number of amidine groups is 2. The number of aromatic nitrogens is 2. The highest BCUT2D eigenvalue weighted by molar-refractivity contribution is 8.13. The van der Waals surface area contributed by atoms with Crippen LogP contribution in [0.4, 0.5) is 24.5 Å². The maximum absolute atomic E-state index is 12.3. The third-order valence-corrected chi connectivity index (χ3v) is 7.89. The molecule has 0 spiro atoms. The fourth-order valence-corrected chi connectivity index (χ4v) is 5.53. The van der Waals surface area contributed by atoms with Gasteiger partial charge in [-0.2, -0.15) is 13.8 Å². The number of hydrogen-bond donors (Lipinski definition) is 2. The first-order valence-corrected chi connectivity index (χ1v) is 15.5. The molecule has 0 radical (unpaired) electrons. The molecule has 0 atom stereocenters. The van der Waals surface area contributed by atoms with Crippen molar-refractivity contribution in [1.29, 1.82) is 0 Å². The molecule has 0 bridgehead atoms. The minimum absolute atomic E-state index is 0.215. The summed E-state index contributed by atoms with van der Waals surface area (Å²) in [5.41, 5.74) is 16.9. The SMILES string of the molecule is Cc1cccc(C)c1N=C(N/N=C\c1ccc(C(N)=NC=Nc2ccc(OC(F)(F)F)cc2)cc1)SCc1cccc2nsnc12. The molecule has 1 aromatic heterocycles. The second-order valence-corrected chi connectivity index (χ2v) is 11.3. The summed E-state index contributed by atoms with van der Waals surface area (Å²) in [6.07, 6.45) is -1.85. The van der Waals surface area contributed by atoms with Crippen LogP contribution in [0.3, 0.4) is 0 Å². The van der Waals surface area contributed by atoms with Crippen LogP contribution < -0.4 is 15.9 Å². The molecule has 0 aliphatic carbocycles. The number of ether oxygens (including phenoxy) is 1. The Labute approximate surface area is 271 Å². The molecule has 3 N–H and O–H groups in total. The minimum atomic E-state index is -4.76. The van der Waals surface area contributed by atoms with E-state index in [4.69, 9.17) is 10.7 Å². The van der Waals surface area contributed by atoms with E-state index in [0.29, 0.717) is 22.2 Å². The molecule has 9 nitrogen and oxygen atoms in total. The Kier molecular flexibility index (Phi) is 10.4. The molecule has 234 valence electrons. The Hall–Kier alpha value is -5.08. The molecule has 46 heavy (non-hydrogen) atoms. The van der Waals surface area contributed by atoms with Crippen LogP contribution in [-0.4, -0.2) is 38.7 Å². The number of hydrazone groups is 1. The third-order valence-electron chi connectivity index (χ3n) is 6.44. The van der Waals surface area contributed by atoms with Crippen LogP contribution in [0.15, 0.2) is 105 Å². The summed E-state index contributed by atoms with van der Waals surface area (Å²) in [5, 5.41) is 5.07. The van der Waals surface area contributed by atoms with E-state index in [1.807, 2.05) is 62.4 Å². The van der Waals surface area contributed by atoms with E-state index in [0.717, 1.165) is 39.0 Å². The zero-order valence-electron chi connectivity index (χ0n) is 24.6. The summed E-state index contributed by atoms with van der Waals surface area (Å²) in [5.74, 6) is 0.509. The van der Waals surface area contributed by atoms with Crippen LogP contribution in [-0.2, 0) is 5.75 Å². The predicted octanol–water partition coefficient (Wildman–Crippen LogP) is 7.82. The molecule has 0 unspecified atom stereocenters. The lowest BCUT2D eigenvalue weighted by molar-refractivity contribution is -0.274. The second-order valence-electron chi connectivity index (χ2n) is 9.79. The van der Waals surface area contributed by atoms with Crippen molar-refractivity contribution in [2.75, 3.05) is 0 Å². The molecule has 4 aromatic carbocycles. The Balaban J connectivity index is 1.24. The standard InChI is InChI=1S/C32H27F3N8OS2/c1-20-5-3-6-21(2)28(20)40-31(45-18-24-7-4-8-27-29(24)43-46-42-27)41-39-17-22-9-11-23(12-10-22)30(36)38-19-37-25-13-15-26(16-14-25)44-32(33,34)35/h3-17,19H,18H2,1-2H3,(H,40,41)(H2,36,37,38)/b39-17-. The summed E-state index contributed by atoms with van der Waals surface area (Å²) in [7, 11) is 0. The van der Waals surface area contributed by atoms with Crippen LogP contribution in [0.25, 0.3) is 11.0 Å². The number of rotatable bonds is 9. The molecular formula is C32H27F3N8OS2. The molecule has 0 saturated heterocycles. The second kappa shape index (κ2) is 14.8. The lowest BCUT2D eigenvalue weighted by Crippen LogP contribution is -2.16. The number of thioether (sulfide) groups is 1. The number of hydrogen-bond acceptors (Lipinski definition) is 8. The van der Waals surface area contributed by atoms with Gasteiger partial charge in [0.25, 0.3) is 0 Å². The third kappa shape index (κ3) is 8.99.